The molecule has 7 heteroatoms. The molecule has 3 nitrogen and oxygen atoms in total. The topological polar surface area (TPSA) is 46.2 Å². The number of thioether (sulfide) groups is 1. The Kier molecular flexibility index (Phi) is 9.18. The summed E-state index contributed by atoms with van der Waals surface area (Å²) in [4.78, 5) is 1.63. The molecule has 2 aromatic carbocycles. The van der Waals surface area contributed by atoms with Gasteiger partial charge in [0.1, 0.15) is 0 Å². The molecule has 1 fully saturated rings. The van der Waals surface area contributed by atoms with Crippen molar-refractivity contribution in [2.24, 2.45) is 5.92 Å². The Balaban J connectivity index is 0.00000272. The molecule has 2 aliphatic rings. The number of fused-ring (bicyclic) bond motifs is 1. The average molecular weight is 501 g/mol. The van der Waals surface area contributed by atoms with Crippen LogP contribution in [0.2, 0.25) is 5.02 Å². The van der Waals surface area contributed by atoms with Gasteiger partial charge in [-0.15, -0.1) is 24.2 Å². The Morgan fingerprint density at radius 2 is 1.68 bits per heavy atom. The largest absolute Gasteiger partial charge is 0.316 e. The van der Waals surface area contributed by atoms with Crippen molar-refractivity contribution in [3.8, 4) is 0 Å². The van der Waals surface area contributed by atoms with Gasteiger partial charge in [-0.2, -0.15) is 0 Å². The summed E-state index contributed by atoms with van der Waals surface area (Å²) >= 11 is 8.29. The van der Waals surface area contributed by atoms with Crippen LogP contribution in [0.25, 0.3) is 0 Å². The number of halogens is 2. The Morgan fingerprint density at radius 1 is 0.968 bits per heavy atom. The lowest BCUT2D eigenvalue weighted by Gasteiger charge is -2.21. The van der Waals surface area contributed by atoms with Crippen LogP contribution in [0.3, 0.4) is 0 Å². The summed E-state index contributed by atoms with van der Waals surface area (Å²) in [5.41, 5.74) is 3.87. The van der Waals surface area contributed by atoms with Gasteiger partial charge in [0.25, 0.3) is 0 Å². The monoisotopic (exact) mass is 499 g/mol. The van der Waals surface area contributed by atoms with Crippen LogP contribution in [0.15, 0.2) is 46.2 Å². The van der Waals surface area contributed by atoms with Crippen LogP contribution < -0.4 is 5.32 Å². The molecule has 0 radical (unpaired) electrons. The fourth-order valence-corrected chi connectivity index (χ4v) is 7.73. The van der Waals surface area contributed by atoms with Crippen molar-refractivity contribution in [1.29, 1.82) is 0 Å². The summed E-state index contributed by atoms with van der Waals surface area (Å²) in [7, 11) is -3.20. The smallest absolute Gasteiger partial charge is 0.178 e. The van der Waals surface area contributed by atoms with Crippen LogP contribution in [-0.4, -0.2) is 27.3 Å². The van der Waals surface area contributed by atoms with Crippen molar-refractivity contribution >= 4 is 45.6 Å². The van der Waals surface area contributed by atoms with E-state index in [0.717, 1.165) is 68.0 Å². The molecule has 0 saturated heterocycles. The first-order chi connectivity index (χ1) is 14.5. The van der Waals surface area contributed by atoms with E-state index in [0.29, 0.717) is 16.6 Å². The van der Waals surface area contributed by atoms with E-state index in [2.05, 4.69) is 11.4 Å². The molecule has 1 saturated carbocycles. The number of nitrogens with one attached hydrogen (secondary N) is 1. The summed E-state index contributed by atoms with van der Waals surface area (Å²) in [5.74, 6) is 1.40. The summed E-state index contributed by atoms with van der Waals surface area (Å²) in [6.07, 6.45) is 7.70. The minimum absolute atomic E-state index is 0. The molecule has 1 N–H and O–H groups in total. The van der Waals surface area contributed by atoms with Gasteiger partial charge in [0.05, 0.1) is 15.7 Å². The molecule has 0 atom stereocenters. The quantitative estimate of drug-likeness (QED) is 0.487. The van der Waals surface area contributed by atoms with Gasteiger partial charge in [-0.3, -0.25) is 0 Å². The van der Waals surface area contributed by atoms with Crippen LogP contribution >= 0.6 is 35.8 Å². The molecule has 1 heterocycles. The highest BCUT2D eigenvalue weighted by Gasteiger charge is 2.23. The average Bonchev–Trinajstić information content (AvgIpc) is 2.99. The minimum atomic E-state index is -3.20. The molecule has 0 spiro atoms. The van der Waals surface area contributed by atoms with Crippen LogP contribution in [0.4, 0.5) is 0 Å². The number of sulfone groups is 1. The molecule has 4 rings (SSSR count). The van der Waals surface area contributed by atoms with Gasteiger partial charge in [-0.25, -0.2) is 8.42 Å². The molecule has 0 aromatic heterocycles. The van der Waals surface area contributed by atoms with Crippen molar-refractivity contribution in [2.75, 3.05) is 18.8 Å². The van der Waals surface area contributed by atoms with Gasteiger partial charge in [-0.05, 0) is 79.6 Å². The van der Waals surface area contributed by atoms with Crippen molar-refractivity contribution < 1.29 is 8.42 Å². The van der Waals surface area contributed by atoms with E-state index in [1.54, 1.807) is 23.9 Å². The summed E-state index contributed by atoms with van der Waals surface area (Å²) in [5, 5.41) is 4.27. The van der Waals surface area contributed by atoms with E-state index in [9.17, 15) is 8.42 Å². The maximum Gasteiger partial charge on any atom is 0.178 e. The lowest BCUT2D eigenvalue weighted by Crippen LogP contribution is -2.18. The van der Waals surface area contributed by atoms with E-state index in [-0.39, 0.29) is 12.4 Å². The molecule has 1 aliphatic heterocycles. The third kappa shape index (κ3) is 6.42. The Hall–Kier alpha value is -0.720. The second kappa shape index (κ2) is 11.4. The summed E-state index contributed by atoms with van der Waals surface area (Å²) in [6, 6.07) is 11.6. The Labute approximate surface area is 202 Å². The normalized spacial score (nSPS) is 17.5. The van der Waals surface area contributed by atoms with E-state index < -0.39 is 9.84 Å². The first-order valence-corrected chi connectivity index (χ1v) is 14.0. The van der Waals surface area contributed by atoms with Crippen molar-refractivity contribution in [3.63, 3.8) is 0 Å². The molecule has 0 amide bonds. The maximum absolute atomic E-state index is 12.8. The lowest BCUT2D eigenvalue weighted by atomic mass is 9.91. The highest BCUT2D eigenvalue weighted by molar-refractivity contribution is 7.98. The fraction of sp³-hybridized carbons (Fsp3) is 0.500. The van der Waals surface area contributed by atoms with Gasteiger partial charge < -0.3 is 5.32 Å². The van der Waals surface area contributed by atoms with Crippen LogP contribution in [0, 0.1) is 5.92 Å². The first-order valence-electron chi connectivity index (χ1n) is 11.0. The molecular formula is C24H31Cl2NO2S2. The van der Waals surface area contributed by atoms with E-state index in [1.165, 1.54) is 22.4 Å². The van der Waals surface area contributed by atoms with Gasteiger partial charge in [0.15, 0.2) is 9.84 Å². The number of hydrogen-bond donors (Lipinski definition) is 1. The highest BCUT2D eigenvalue weighted by Crippen LogP contribution is 2.36. The minimum Gasteiger partial charge on any atom is -0.316 e. The summed E-state index contributed by atoms with van der Waals surface area (Å²) < 4.78 is 25.6. The number of benzene rings is 2. The molecule has 1 aliphatic carbocycles. The number of hydrogen-bond acceptors (Lipinski definition) is 4. The third-order valence-corrected chi connectivity index (χ3v) is 9.84. The number of rotatable bonds is 6. The molecule has 170 valence electrons. The fourth-order valence-electron chi connectivity index (χ4n) is 4.57. The summed E-state index contributed by atoms with van der Waals surface area (Å²) in [6.45, 7) is 1.99. The molecule has 31 heavy (non-hydrogen) atoms. The van der Waals surface area contributed by atoms with E-state index in [4.69, 9.17) is 11.6 Å². The Morgan fingerprint density at radius 3 is 2.42 bits per heavy atom. The SMILES string of the molecule is Cl.O=S(=O)(CC1CCCCC1)c1ccc(CSc2c(Cl)ccc3c2CCNCC3)cc1. The van der Waals surface area contributed by atoms with Gasteiger partial charge >= 0.3 is 0 Å². The van der Waals surface area contributed by atoms with Crippen LogP contribution in [-0.2, 0) is 28.4 Å². The van der Waals surface area contributed by atoms with Gasteiger partial charge in [-0.1, -0.05) is 49.1 Å². The highest BCUT2D eigenvalue weighted by atomic mass is 35.5. The Bertz CT molecular complexity index is 972. The van der Waals surface area contributed by atoms with Gasteiger partial charge in [0.2, 0.25) is 0 Å². The van der Waals surface area contributed by atoms with E-state index in [1.807, 2.05) is 18.2 Å². The zero-order chi connectivity index (χ0) is 21.0. The van der Waals surface area contributed by atoms with Crippen molar-refractivity contribution in [1.82, 2.24) is 5.32 Å². The predicted octanol–water partition coefficient (Wildman–Crippen LogP) is 6.10. The van der Waals surface area contributed by atoms with Crippen molar-refractivity contribution in [2.45, 2.75) is 60.5 Å². The zero-order valence-corrected chi connectivity index (χ0v) is 20.9. The molecule has 0 bridgehead atoms. The van der Waals surface area contributed by atoms with E-state index >= 15 is 0 Å². The molecule has 0 unspecified atom stereocenters. The lowest BCUT2D eigenvalue weighted by molar-refractivity contribution is 0.385. The standard InChI is InChI=1S/C24H30ClNO2S2.ClH/c25-23-11-8-20-12-14-26-15-13-22(20)24(23)29-16-18-6-9-21(10-7-18)30(27,28)17-19-4-2-1-3-5-19;/h6-11,19,26H,1-5,12-17H2;1H. The van der Waals surface area contributed by atoms with Gasteiger partial charge in [0, 0.05) is 10.6 Å². The van der Waals surface area contributed by atoms with Crippen LogP contribution in [0.5, 0.6) is 0 Å². The molecular weight excluding hydrogens is 469 g/mol. The second-order valence-corrected chi connectivity index (χ2v) is 11.9. The van der Waals surface area contributed by atoms with Crippen LogP contribution in [0.1, 0.15) is 48.8 Å². The maximum atomic E-state index is 12.8. The first kappa shape index (κ1) is 24.9. The zero-order valence-electron chi connectivity index (χ0n) is 17.7. The second-order valence-electron chi connectivity index (χ2n) is 8.48. The van der Waals surface area contributed by atoms with Crippen molar-refractivity contribution in [3.05, 3.63) is 58.1 Å². The molecule has 2 aromatic rings. The third-order valence-electron chi connectivity index (χ3n) is 6.28. The predicted molar refractivity (Wildman–Crippen MR) is 134 cm³/mol.